The van der Waals surface area contributed by atoms with Gasteiger partial charge in [-0.15, -0.1) is 0 Å². The molecule has 0 nitrogen and oxygen atoms in total. The largest absolute Gasteiger partial charge is 0.0622 e. The molecule has 0 spiro atoms. The van der Waals surface area contributed by atoms with Crippen LogP contribution in [0.25, 0.3) is 12.2 Å². The van der Waals surface area contributed by atoms with Gasteiger partial charge in [0.1, 0.15) is 0 Å². The molecule has 104 valence electrons. The lowest BCUT2D eigenvalue weighted by Gasteiger charge is -1.92. The number of hydrogen-bond donors (Lipinski definition) is 0. The van der Waals surface area contributed by atoms with Crippen molar-refractivity contribution in [1.82, 2.24) is 0 Å². The van der Waals surface area contributed by atoms with Crippen molar-refractivity contribution in [2.45, 2.75) is 6.92 Å². The van der Waals surface area contributed by atoms with Gasteiger partial charge in [-0.05, 0) is 18.1 Å². The number of rotatable bonds is 2. The van der Waals surface area contributed by atoms with Crippen LogP contribution in [0.3, 0.4) is 0 Å². The Morgan fingerprint density at radius 3 is 1.10 bits per heavy atom. The lowest BCUT2D eigenvalue weighted by atomic mass is 10.1. The van der Waals surface area contributed by atoms with Crippen molar-refractivity contribution in [3.05, 3.63) is 108 Å². The summed E-state index contributed by atoms with van der Waals surface area (Å²) in [6.45, 7) is 2.08. The van der Waals surface area contributed by atoms with Crippen LogP contribution in [0, 0.1) is 6.92 Å². The van der Waals surface area contributed by atoms with Gasteiger partial charge in [0.25, 0.3) is 0 Å². The quantitative estimate of drug-likeness (QED) is 0.513. The molecule has 0 N–H and O–H groups in total. The van der Waals surface area contributed by atoms with Gasteiger partial charge in [0, 0.05) is 0 Å². The molecule has 0 aliphatic carbocycles. The van der Waals surface area contributed by atoms with Crippen molar-refractivity contribution in [2.24, 2.45) is 0 Å². The van der Waals surface area contributed by atoms with Crippen LogP contribution >= 0.6 is 0 Å². The van der Waals surface area contributed by atoms with Crippen molar-refractivity contribution >= 4 is 12.2 Å². The average molecular weight is 272 g/mol. The smallest absolute Gasteiger partial charge is 0.0256 e. The summed E-state index contributed by atoms with van der Waals surface area (Å²) in [5.41, 5.74) is 3.79. The molecule has 21 heavy (non-hydrogen) atoms. The van der Waals surface area contributed by atoms with Crippen LogP contribution in [-0.4, -0.2) is 0 Å². The Kier molecular flexibility index (Phi) is 6.02. The Labute approximate surface area is 127 Å². The highest BCUT2D eigenvalue weighted by Gasteiger charge is 1.84. The zero-order valence-electron chi connectivity index (χ0n) is 12.3. The topological polar surface area (TPSA) is 0 Å². The summed E-state index contributed by atoms with van der Waals surface area (Å²) >= 11 is 0. The number of aryl methyl sites for hydroxylation is 1. The average Bonchev–Trinajstić information content (AvgIpc) is 2.56. The van der Waals surface area contributed by atoms with Gasteiger partial charge in [0.15, 0.2) is 0 Å². The van der Waals surface area contributed by atoms with E-state index in [2.05, 4.69) is 55.5 Å². The van der Waals surface area contributed by atoms with E-state index in [1.54, 1.807) is 0 Å². The molecule has 0 aliphatic heterocycles. The second-order valence-electron chi connectivity index (χ2n) is 4.81. The van der Waals surface area contributed by atoms with Crippen LogP contribution in [0.4, 0.5) is 0 Å². The summed E-state index contributed by atoms with van der Waals surface area (Å²) in [4.78, 5) is 0. The van der Waals surface area contributed by atoms with Crippen LogP contribution in [-0.2, 0) is 0 Å². The molecule has 0 atom stereocenters. The maximum atomic E-state index is 2.12. The van der Waals surface area contributed by atoms with Crippen LogP contribution < -0.4 is 0 Å². The third-order valence-corrected chi connectivity index (χ3v) is 3.01. The van der Waals surface area contributed by atoms with Gasteiger partial charge in [-0.25, -0.2) is 0 Å². The van der Waals surface area contributed by atoms with Crippen LogP contribution in [0.5, 0.6) is 0 Å². The van der Waals surface area contributed by atoms with Crippen molar-refractivity contribution in [3.63, 3.8) is 0 Å². The highest BCUT2D eigenvalue weighted by Crippen LogP contribution is 2.06. The van der Waals surface area contributed by atoms with E-state index < -0.39 is 0 Å². The Bertz CT molecular complexity index is 596. The fourth-order valence-corrected chi connectivity index (χ4v) is 1.86. The number of hydrogen-bond acceptors (Lipinski definition) is 0. The summed E-state index contributed by atoms with van der Waals surface area (Å²) in [6, 6.07) is 30.9. The first kappa shape index (κ1) is 14.8. The molecule has 0 fully saturated rings. The maximum absolute atomic E-state index is 2.12. The Balaban J connectivity index is 0.000000194. The van der Waals surface area contributed by atoms with Crippen LogP contribution in [0.15, 0.2) is 91.0 Å². The summed E-state index contributed by atoms with van der Waals surface area (Å²) in [5.74, 6) is 0. The summed E-state index contributed by atoms with van der Waals surface area (Å²) < 4.78 is 0. The lowest BCUT2D eigenvalue weighted by molar-refractivity contribution is 1.48. The Hall–Kier alpha value is -2.60. The second kappa shape index (κ2) is 8.55. The minimum Gasteiger partial charge on any atom is -0.0622 e. The van der Waals surface area contributed by atoms with Crippen LogP contribution in [0.2, 0.25) is 0 Å². The third kappa shape index (κ3) is 5.92. The molecule has 0 radical (unpaired) electrons. The van der Waals surface area contributed by atoms with E-state index in [-0.39, 0.29) is 0 Å². The van der Waals surface area contributed by atoms with E-state index in [1.165, 1.54) is 16.7 Å². The minimum absolute atomic E-state index is 1.23. The van der Waals surface area contributed by atoms with E-state index >= 15 is 0 Å². The molecule has 0 heterocycles. The van der Waals surface area contributed by atoms with Gasteiger partial charge in [-0.2, -0.15) is 0 Å². The van der Waals surface area contributed by atoms with Gasteiger partial charge >= 0.3 is 0 Å². The molecule has 0 unspecified atom stereocenters. The van der Waals surface area contributed by atoms with Crippen molar-refractivity contribution in [2.75, 3.05) is 0 Å². The molecule has 3 aromatic rings. The molecular weight excluding hydrogens is 252 g/mol. The van der Waals surface area contributed by atoms with E-state index in [1.807, 2.05) is 54.6 Å². The highest BCUT2D eigenvalue weighted by molar-refractivity contribution is 5.69. The van der Waals surface area contributed by atoms with Crippen molar-refractivity contribution < 1.29 is 0 Å². The first-order chi connectivity index (χ1) is 10.3. The van der Waals surface area contributed by atoms with Gasteiger partial charge in [0.05, 0.1) is 0 Å². The molecule has 3 rings (SSSR count). The van der Waals surface area contributed by atoms with Crippen molar-refractivity contribution in [3.8, 4) is 0 Å². The molecule has 0 saturated heterocycles. The Morgan fingerprint density at radius 2 is 0.810 bits per heavy atom. The zero-order valence-corrected chi connectivity index (χ0v) is 12.3. The van der Waals surface area contributed by atoms with E-state index in [9.17, 15) is 0 Å². The third-order valence-electron chi connectivity index (χ3n) is 3.01. The molecular formula is C21H20. The lowest BCUT2D eigenvalue weighted by Crippen LogP contribution is -1.70. The minimum atomic E-state index is 1.23. The fraction of sp³-hybridized carbons (Fsp3) is 0.0476. The Morgan fingerprint density at radius 1 is 0.476 bits per heavy atom. The van der Waals surface area contributed by atoms with Crippen LogP contribution in [0.1, 0.15) is 16.7 Å². The first-order valence-corrected chi connectivity index (χ1v) is 7.14. The van der Waals surface area contributed by atoms with Gasteiger partial charge in [0.2, 0.25) is 0 Å². The predicted molar refractivity (Wildman–Crippen MR) is 93.0 cm³/mol. The highest BCUT2D eigenvalue weighted by atomic mass is 13.9. The summed E-state index contributed by atoms with van der Waals surface area (Å²) in [6.07, 6.45) is 4.24. The van der Waals surface area contributed by atoms with E-state index in [0.717, 1.165) is 0 Å². The number of benzene rings is 3. The van der Waals surface area contributed by atoms with Gasteiger partial charge < -0.3 is 0 Å². The SMILES string of the molecule is C(=Cc1ccccc1)c1ccccc1.Cc1ccccc1. The monoisotopic (exact) mass is 272 g/mol. The van der Waals surface area contributed by atoms with Gasteiger partial charge in [-0.1, -0.05) is 109 Å². The van der Waals surface area contributed by atoms with Crippen molar-refractivity contribution in [1.29, 1.82) is 0 Å². The van der Waals surface area contributed by atoms with E-state index in [4.69, 9.17) is 0 Å². The zero-order chi connectivity index (χ0) is 14.8. The molecule has 0 aromatic heterocycles. The first-order valence-electron chi connectivity index (χ1n) is 7.14. The predicted octanol–water partition coefficient (Wildman–Crippen LogP) is 5.85. The maximum Gasteiger partial charge on any atom is -0.0256 e. The molecule has 0 amide bonds. The molecule has 0 aliphatic rings. The van der Waals surface area contributed by atoms with E-state index in [0.29, 0.717) is 0 Å². The summed E-state index contributed by atoms with van der Waals surface area (Å²) in [5, 5.41) is 0. The molecule has 3 aromatic carbocycles. The normalized spacial score (nSPS) is 9.95. The standard InChI is InChI=1S/C14H12.C7H8/c1-3-7-13(8-4-1)11-12-14-9-5-2-6-10-14;1-7-5-3-2-4-6-7/h1-12H;2-6H,1H3. The molecule has 0 bridgehead atoms. The molecule has 0 saturated carbocycles. The molecule has 0 heteroatoms. The summed E-state index contributed by atoms with van der Waals surface area (Å²) in [7, 11) is 0. The second-order valence-corrected chi connectivity index (χ2v) is 4.81. The van der Waals surface area contributed by atoms with Gasteiger partial charge in [-0.3, -0.25) is 0 Å². The fourth-order valence-electron chi connectivity index (χ4n) is 1.86.